The molecule has 3 nitrogen and oxygen atoms in total. The van der Waals surface area contributed by atoms with Crippen LogP contribution in [0.2, 0.25) is 0 Å². The molecule has 90 valence electrons. The summed E-state index contributed by atoms with van der Waals surface area (Å²) in [6, 6.07) is 13.3. The summed E-state index contributed by atoms with van der Waals surface area (Å²) < 4.78 is 4.95. The van der Waals surface area contributed by atoms with E-state index in [-0.39, 0.29) is 12.4 Å². The van der Waals surface area contributed by atoms with Gasteiger partial charge in [0.1, 0.15) is 0 Å². The van der Waals surface area contributed by atoms with Crippen LogP contribution in [0.4, 0.5) is 0 Å². The summed E-state index contributed by atoms with van der Waals surface area (Å²) in [5.74, 6) is -0.243. The summed E-state index contributed by atoms with van der Waals surface area (Å²) in [7, 11) is 0. The Morgan fingerprint density at radius 2 is 1.94 bits per heavy atom. The Balaban J connectivity index is 2.47. The number of nitriles is 1. The van der Waals surface area contributed by atoms with Crippen molar-refractivity contribution in [2.45, 2.75) is 13.3 Å². The van der Waals surface area contributed by atoms with Crippen LogP contribution in [0.25, 0.3) is 10.8 Å². The van der Waals surface area contributed by atoms with E-state index in [0.29, 0.717) is 12.2 Å². The van der Waals surface area contributed by atoms with E-state index in [9.17, 15) is 4.79 Å². The first kappa shape index (κ1) is 12.1. The average Bonchev–Trinajstić information content (AvgIpc) is 2.39. The fourth-order valence-electron chi connectivity index (χ4n) is 1.98. The zero-order valence-corrected chi connectivity index (χ0v) is 10.1. The third-order valence-corrected chi connectivity index (χ3v) is 2.77. The number of carbonyl (C=O) groups excluding carboxylic acids is 1. The number of esters is 1. The number of nitrogens with zero attached hydrogens (tertiary/aromatic N) is 1. The molecule has 2 rings (SSSR count). The van der Waals surface area contributed by atoms with Crippen LogP contribution in [0.5, 0.6) is 0 Å². The summed E-state index contributed by atoms with van der Waals surface area (Å²) in [4.78, 5) is 11.5. The van der Waals surface area contributed by atoms with Gasteiger partial charge in [-0.2, -0.15) is 5.26 Å². The molecule has 2 aromatic carbocycles. The van der Waals surface area contributed by atoms with Gasteiger partial charge in [0, 0.05) is 0 Å². The van der Waals surface area contributed by atoms with Crippen molar-refractivity contribution < 1.29 is 9.53 Å². The normalized spacial score (nSPS) is 10.0. The van der Waals surface area contributed by atoms with Crippen molar-refractivity contribution in [1.29, 1.82) is 5.26 Å². The van der Waals surface area contributed by atoms with Gasteiger partial charge in [-0.05, 0) is 29.3 Å². The lowest BCUT2D eigenvalue weighted by Gasteiger charge is -2.07. The Morgan fingerprint density at radius 1 is 1.22 bits per heavy atom. The molecule has 0 saturated carbocycles. The Hall–Kier alpha value is -2.34. The number of rotatable bonds is 3. The molecular weight excluding hydrogens is 226 g/mol. The molecule has 0 amide bonds. The monoisotopic (exact) mass is 239 g/mol. The first-order chi connectivity index (χ1) is 8.76. The minimum Gasteiger partial charge on any atom is -0.466 e. The maximum Gasteiger partial charge on any atom is 0.310 e. The average molecular weight is 239 g/mol. The Morgan fingerprint density at radius 3 is 2.61 bits per heavy atom. The second-order valence-corrected chi connectivity index (χ2v) is 3.91. The maximum atomic E-state index is 11.5. The second-order valence-electron chi connectivity index (χ2n) is 3.91. The predicted molar refractivity (Wildman–Crippen MR) is 69.0 cm³/mol. The van der Waals surface area contributed by atoms with Crippen molar-refractivity contribution in [2.75, 3.05) is 6.61 Å². The molecule has 2 aromatic rings. The lowest BCUT2D eigenvalue weighted by atomic mass is 9.98. The number of ether oxygens (including phenoxy) is 1. The van der Waals surface area contributed by atoms with E-state index in [2.05, 4.69) is 6.07 Å². The zero-order chi connectivity index (χ0) is 13.0. The number of fused-ring (bicyclic) bond motifs is 1. The lowest BCUT2D eigenvalue weighted by Crippen LogP contribution is -2.07. The summed E-state index contributed by atoms with van der Waals surface area (Å²) in [5, 5.41) is 10.9. The van der Waals surface area contributed by atoms with Gasteiger partial charge >= 0.3 is 5.97 Å². The largest absolute Gasteiger partial charge is 0.466 e. The topological polar surface area (TPSA) is 50.1 Å². The SMILES string of the molecule is CCOC(=O)Cc1ccc(C#N)c2ccccc12. The fraction of sp³-hybridized carbons (Fsp3) is 0.200. The van der Waals surface area contributed by atoms with Gasteiger partial charge in [-0.15, -0.1) is 0 Å². The van der Waals surface area contributed by atoms with E-state index in [1.807, 2.05) is 30.3 Å². The molecule has 0 saturated heterocycles. The first-order valence-electron chi connectivity index (χ1n) is 5.82. The third kappa shape index (κ3) is 2.33. The smallest absolute Gasteiger partial charge is 0.310 e. The van der Waals surface area contributed by atoms with Crippen molar-refractivity contribution in [2.24, 2.45) is 0 Å². The minimum atomic E-state index is -0.243. The van der Waals surface area contributed by atoms with Crippen molar-refractivity contribution in [1.82, 2.24) is 0 Å². The zero-order valence-electron chi connectivity index (χ0n) is 10.1. The van der Waals surface area contributed by atoms with Gasteiger partial charge in [-0.1, -0.05) is 30.3 Å². The molecule has 0 bridgehead atoms. The molecule has 0 aliphatic heterocycles. The molecule has 0 fully saturated rings. The lowest BCUT2D eigenvalue weighted by molar-refractivity contribution is -0.142. The molecule has 0 atom stereocenters. The van der Waals surface area contributed by atoms with Gasteiger partial charge < -0.3 is 4.74 Å². The van der Waals surface area contributed by atoms with E-state index < -0.39 is 0 Å². The molecule has 0 heterocycles. The van der Waals surface area contributed by atoms with Crippen molar-refractivity contribution >= 4 is 16.7 Å². The molecule has 0 radical (unpaired) electrons. The van der Waals surface area contributed by atoms with E-state index in [4.69, 9.17) is 10.00 Å². The Kier molecular flexibility index (Phi) is 3.59. The molecule has 0 spiro atoms. The van der Waals surface area contributed by atoms with Gasteiger partial charge in [0.15, 0.2) is 0 Å². The highest BCUT2D eigenvalue weighted by Gasteiger charge is 2.09. The highest BCUT2D eigenvalue weighted by atomic mass is 16.5. The number of benzene rings is 2. The highest BCUT2D eigenvalue weighted by molar-refractivity contribution is 5.92. The highest BCUT2D eigenvalue weighted by Crippen LogP contribution is 2.23. The number of carbonyl (C=O) groups is 1. The molecule has 0 aliphatic rings. The van der Waals surface area contributed by atoms with Gasteiger partial charge in [-0.25, -0.2) is 0 Å². The second kappa shape index (κ2) is 5.33. The summed E-state index contributed by atoms with van der Waals surface area (Å²) in [5.41, 5.74) is 1.52. The van der Waals surface area contributed by atoms with Gasteiger partial charge in [0.2, 0.25) is 0 Å². The fourth-order valence-corrected chi connectivity index (χ4v) is 1.98. The first-order valence-corrected chi connectivity index (χ1v) is 5.82. The van der Waals surface area contributed by atoms with Crippen LogP contribution < -0.4 is 0 Å². The summed E-state index contributed by atoms with van der Waals surface area (Å²) in [6.07, 6.45) is 0.236. The number of hydrogen-bond acceptors (Lipinski definition) is 3. The summed E-state index contributed by atoms with van der Waals surface area (Å²) in [6.45, 7) is 2.17. The Bertz CT molecular complexity index is 626. The third-order valence-electron chi connectivity index (χ3n) is 2.77. The van der Waals surface area contributed by atoms with Crippen molar-refractivity contribution in [3.05, 3.63) is 47.5 Å². The molecule has 0 aromatic heterocycles. The molecule has 0 unspecified atom stereocenters. The van der Waals surface area contributed by atoms with Gasteiger partial charge in [0.25, 0.3) is 0 Å². The predicted octanol–water partition coefficient (Wildman–Crippen LogP) is 2.82. The Labute approximate surface area is 106 Å². The molecule has 18 heavy (non-hydrogen) atoms. The van der Waals surface area contributed by atoms with Crippen LogP contribution in [0.3, 0.4) is 0 Å². The van der Waals surface area contributed by atoms with Crippen molar-refractivity contribution in [3.63, 3.8) is 0 Å². The quantitative estimate of drug-likeness (QED) is 0.774. The van der Waals surface area contributed by atoms with Crippen LogP contribution in [0.1, 0.15) is 18.1 Å². The molecule has 3 heteroatoms. The number of hydrogen-bond donors (Lipinski definition) is 0. The van der Waals surface area contributed by atoms with E-state index >= 15 is 0 Å². The van der Waals surface area contributed by atoms with E-state index in [0.717, 1.165) is 16.3 Å². The van der Waals surface area contributed by atoms with Crippen LogP contribution in [-0.4, -0.2) is 12.6 Å². The van der Waals surface area contributed by atoms with E-state index in [1.165, 1.54) is 0 Å². The molecular formula is C15H13NO2. The van der Waals surface area contributed by atoms with Gasteiger partial charge in [-0.3, -0.25) is 4.79 Å². The minimum absolute atomic E-state index is 0.236. The molecule has 0 aliphatic carbocycles. The standard InChI is InChI=1S/C15H13NO2/c1-2-18-15(17)9-11-7-8-12(10-16)14-6-4-3-5-13(11)14/h3-8H,2,9H2,1H3. The van der Waals surface area contributed by atoms with Crippen LogP contribution in [0.15, 0.2) is 36.4 Å². The summed E-state index contributed by atoms with van der Waals surface area (Å²) >= 11 is 0. The van der Waals surface area contributed by atoms with Crippen LogP contribution >= 0.6 is 0 Å². The van der Waals surface area contributed by atoms with E-state index in [1.54, 1.807) is 13.0 Å². The van der Waals surface area contributed by atoms with Crippen molar-refractivity contribution in [3.8, 4) is 6.07 Å². The van der Waals surface area contributed by atoms with Crippen LogP contribution in [-0.2, 0) is 16.0 Å². The molecule has 0 N–H and O–H groups in total. The van der Waals surface area contributed by atoms with Gasteiger partial charge in [0.05, 0.1) is 24.7 Å². The maximum absolute atomic E-state index is 11.5. The van der Waals surface area contributed by atoms with Crippen LogP contribution in [0, 0.1) is 11.3 Å².